The number of aliphatic hydroxyl groups is 1. The van der Waals surface area contributed by atoms with Crippen molar-refractivity contribution < 1.29 is 28.6 Å². The minimum Gasteiger partial charge on any atom is -0.503 e. The molecule has 0 radical (unpaired) electrons. The number of furan rings is 1. The van der Waals surface area contributed by atoms with Crippen LogP contribution in [0.1, 0.15) is 66.4 Å². The standard InChI is InChI=1S/C31H32N2O6S/c1-5-7-8-13-38-21-12-11-20(17-23(21)37-6-2)27-25(28(34)22-10-9-14-39-22)29(35)30(36)33(27)31-32-26-19(4)15-18(3)16-24(26)40-31/h9-12,14-17,27,35H,5-8,13H2,1-4H3. The molecule has 2 aromatic carbocycles. The van der Waals surface area contributed by atoms with Gasteiger partial charge in [-0.25, -0.2) is 4.98 Å². The Kier molecular flexibility index (Phi) is 7.93. The quantitative estimate of drug-likeness (QED) is 0.152. The summed E-state index contributed by atoms with van der Waals surface area (Å²) >= 11 is 1.34. The maximum absolute atomic E-state index is 13.6. The molecule has 1 aliphatic rings. The van der Waals surface area contributed by atoms with Crippen LogP contribution in [0.15, 0.2) is 64.5 Å². The number of carbonyl (C=O) groups excluding carboxylic acids is 2. The summed E-state index contributed by atoms with van der Waals surface area (Å²) < 4.78 is 18.2. The molecule has 0 spiro atoms. The third kappa shape index (κ3) is 5.09. The minimum absolute atomic E-state index is 0.0258. The molecule has 2 aromatic heterocycles. The number of anilines is 1. The fourth-order valence-electron chi connectivity index (χ4n) is 4.97. The summed E-state index contributed by atoms with van der Waals surface area (Å²) in [6.45, 7) is 8.93. The number of thiazole rings is 1. The zero-order chi connectivity index (χ0) is 28.4. The Morgan fingerprint density at radius 1 is 1.10 bits per heavy atom. The maximum atomic E-state index is 13.6. The number of ether oxygens (including phenoxy) is 2. The number of aliphatic hydroxyl groups excluding tert-OH is 1. The lowest BCUT2D eigenvalue weighted by molar-refractivity contribution is -0.117. The zero-order valence-corrected chi connectivity index (χ0v) is 23.8. The van der Waals surface area contributed by atoms with Crippen LogP contribution >= 0.6 is 11.3 Å². The third-order valence-electron chi connectivity index (χ3n) is 6.81. The second-order valence-corrected chi connectivity index (χ2v) is 10.8. The highest BCUT2D eigenvalue weighted by Gasteiger charge is 2.46. The van der Waals surface area contributed by atoms with E-state index in [2.05, 4.69) is 6.92 Å². The van der Waals surface area contributed by atoms with Gasteiger partial charge in [0.1, 0.15) is 0 Å². The molecule has 1 N–H and O–H groups in total. The molecule has 1 unspecified atom stereocenters. The highest BCUT2D eigenvalue weighted by Crippen LogP contribution is 2.46. The Balaban J connectivity index is 1.63. The maximum Gasteiger partial charge on any atom is 0.296 e. The predicted octanol–water partition coefficient (Wildman–Crippen LogP) is 7.26. The minimum atomic E-state index is -0.958. The molecule has 0 saturated heterocycles. The summed E-state index contributed by atoms with van der Waals surface area (Å²) in [7, 11) is 0. The number of aromatic nitrogens is 1. The summed E-state index contributed by atoms with van der Waals surface area (Å²) in [6, 6.07) is 11.5. The molecular formula is C31H32N2O6S. The van der Waals surface area contributed by atoms with Gasteiger partial charge in [-0.2, -0.15) is 0 Å². The van der Waals surface area contributed by atoms with Gasteiger partial charge in [-0.05, 0) is 74.2 Å². The van der Waals surface area contributed by atoms with E-state index in [0.29, 0.717) is 35.4 Å². The van der Waals surface area contributed by atoms with Gasteiger partial charge in [0.15, 0.2) is 28.1 Å². The van der Waals surface area contributed by atoms with E-state index in [9.17, 15) is 14.7 Å². The largest absolute Gasteiger partial charge is 0.503 e. The number of ketones is 1. The van der Waals surface area contributed by atoms with E-state index in [1.807, 2.05) is 32.9 Å². The van der Waals surface area contributed by atoms with E-state index in [0.717, 1.165) is 40.6 Å². The Morgan fingerprint density at radius 3 is 2.65 bits per heavy atom. The van der Waals surface area contributed by atoms with Gasteiger partial charge in [0.2, 0.25) is 5.78 Å². The molecule has 40 heavy (non-hydrogen) atoms. The molecule has 0 aliphatic carbocycles. The molecule has 8 nitrogen and oxygen atoms in total. The Morgan fingerprint density at radius 2 is 1.93 bits per heavy atom. The van der Waals surface area contributed by atoms with Crippen LogP contribution in [-0.2, 0) is 4.79 Å². The Hall–Kier alpha value is -4.11. The van der Waals surface area contributed by atoms with Crippen molar-refractivity contribution in [3.05, 3.63) is 82.5 Å². The van der Waals surface area contributed by atoms with E-state index < -0.39 is 23.5 Å². The molecule has 1 aliphatic heterocycles. The molecule has 1 atom stereocenters. The number of fused-ring (bicyclic) bond motifs is 1. The lowest BCUT2D eigenvalue weighted by Crippen LogP contribution is -2.31. The molecule has 3 heterocycles. The number of hydrogen-bond acceptors (Lipinski definition) is 8. The first-order chi connectivity index (χ1) is 19.3. The number of nitrogens with zero attached hydrogens (tertiary/aromatic N) is 2. The number of carbonyl (C=O) groups is 2. The van der Waals surface area contributed by atoms with Gasteiger partial charge in [-0.1, -0.05) is 43.2 Å². The van der Waals surface area contributed by atoms with Gasteiger partial charge in [0.25, 0.3) is 5.91 Å². The topological polar surface area (TPSA) is 102 Å². The van der Waals surface area contributed by atoms with Gasteiger partial charge in [0, 0.05) is 0 Å². The molecule has 5 rings (SSSR count). The molecule has 9 heteroatoms. The van der Waals surface area contributed by atoms with E-state index in [1.54, 1.807) is 24.3 Å². The second-order valence-electron chi connectivity index (χ2n) is 9.77. The summed E-state index contributed by atoms with van der Waals surface area (Å²) in [6.07, 6.45) is 4.44. The van der Waals surface area contributed by atoms with Gasteiger partial charge in [-0.15, -0.1) is 0 Å². The van der Waals surface area contributed by atoms with Gasteiger partial charge < -0.3 is 19.0 Å². The lowest BCUT2D eigenvalue weighted by Gasteiger charge is -2.25. The molecule has 0 fully saturated rings. The van der Waals surface area contributed by atoms with Crippen LogP contribution < -0.4 is 14.4 Å². The van der Waals surface area contributed by atoms with Crippen LogP contribution in [0.4, 0.5) is 5.13 Å². The molecule has 0 saturated carbocycles. The van der Waals surface area contributed by atoms with Crippen LogP contribution in [0.2, 0.25) is 0 Å². The number of rotatable bonds is 11. The van der Waals surface area contributed by atoms with E-state index in [-0.39, 0.29) is 11.3 Å². The first-order valence-corrected chi connectivity index (χ1v) is 14.3. The molecule has 4 aromatic rings. The Bertz CT molecular complexity index is 1590. The van der Waals surface area contributed by atoms with Gasteiger partial charge in [0.05, 0.1) is 41.3 Å². The van der Waals surface area contributed by atoms with Crippen molar-refractivity contribution in [1.82, 2.24) is 4.98 Å². The van der Waals surface area contributed by atoms with Crippen LogP contribution in [0.5, 0.6) is 11.5 Å². The number of aryl methyl sites for hydroxylation is 2. The van der Waals surface area contributed by atoms with Crippen LogP contribution in [0.25, 0.3) is 10.2 Å². The third-order valence-corrected chi connectivity index (χ3v) is 7.81. The van der Waals surface area contributed by atoms with Crippen molar-refractivity contribution in [2.45, 2.75) is 53.0 Å². The number of Topliss-reactive ketones (excluding diaryl/α,β-unsaturated/α-hetero) is 1. The monoisotopic (exact) mass is 560 g/mol. The average molecular weight is 561 g/mol. The first kappa shape index (κ1) is 27.5. The summed E-state index contributed by atoms with van der Waals surface area (Å²) in [4.78, 5) is 33.4. The number of amides is 1. The summed E-state index contributed by atoms with van der Waals surface area (Å²) in [5.41, 5.74) is 3.33. The first-order valence-electron chi connectivity index (χ1n) is 13.5. The molecule has 208 valence electrons. The van der Waals surface area contributed by atoms with Crippen molar-refractivity contribution >= 4 is 38.4 Å². The molecular weight excluding hydrogens is 528 g/mol. The van der Waals surface area contributed by atoms with Crippen molar-refractivity contribution in [2.24, 2.45) is 0 Å². The number of hydrogen-bond donors (Lipinski definition) is 1. The van der Waals surface area contributed by atoms with Gasteiger partial charge >= 0.3 is 0 Å². The Labute approximate surface area is 236 Å². The van der Waals surface area contributed by atoms with Crippen LogP contribution in [0.3, 0.4) is 0 Å². The fourth-order valence-corrected chi connectivity index (χ4v) is 6.14. The van der Waals surface area contributed by atoms with E-state index >= 15 is 0 Å². The molecule has 0 bridgehead atoms. The summed E-state index contributed by atoms with van der Waals surface area (Å²) in [5, 5.41) is 11.5. The average Bonchev–Trinajstić information content (AvgIpc) is 3.66. The lowest BCUT2D eigenvalue weighted by atomic mass is 9.95. The van der Waals surface area contributed by atoms with Crippen LogP contribution in [-0.4, -0.2) is 35.0 Å². The summed E-state index contributed by atoms with van der Waals surface area (Å²) in [5.74, 6) is -0.804. The van der Waals surface area contributed by atoms with Crippen LogP contribution in [0, 0.1) is 13.8 Å². The van der Waals surface area contributed by atoms with Crippen molar-refractivity contribution in [3.63, 3.8) is 0 Å². The van der Waals surface area contributed by atoms with Crippen molar-refractivity contribution in [1.29, 1.82) is 0 Å². The predicted molar refractivity (Wildman–Crippen MR) is 155 cm³/mol. The van der Waals surface area contributed by atoms with E-state index in [1.165, 1.54) is 28.6 Å². The number of unbranched alkanes of at least 4 members (excludes halogenated alkanes) is 2. The number of benzene rings is 2. The highest BCUT2D eigenvalue weighted by atomic mass is 32.1. The smallest absolute Gasteiger partial charge is 0.296 e. The zero-order valence-electron chi connectivity index (χ0n) is 23.0. The van der Waals surface area contributed by atoms with Crippen molar-refractivity contribution in [2.75, 3.05) is 18.1 Å². The normalized spacial score (nSPS) is 15.3. The van der Waals surface area contributed by atoms with Gasteiger partial charge in [-0.3, -0.25) is 14.5 Å². The van der Waals surface area contributed by atoms with Crippen molar-refractivity contribution in [3.8, 4) is 11.5 Å². The molecule has 1 amide bonds. The fraction of sp³-hybridized carbons (Fsp3) is 0.323. The highest BCUT2D eigenvalue weighted by molar-refractivity contribution is 7.22. The van der Waals surface area contributed by atoms with E-state index in [4.69, 9.17) is 18.9 Å². The second kappa shape index (κ2) is 11.6. The SMILES string of the molecule is CCCCCOc1ccc(C2C(C(=O)c3ccco3)=C(O)C(=O)N2c2nc3c(C)cc(C)cc3s2)cc1OCC.